The number of fused-ring (bicyclic) bond motifs is 1. The molecule has 3 aromatic heterocycles. The van der Waals surface area contributed by atoms with Crippen LogP contribution in [0.4, 0.5) is 19.0 Å². The molecule has 29 heavy (non-hydrogen) atoms. The third kappa shape index (κ3) is 3.77. The lowest BCUT2D eigenvalue weighted by atomic mass is 9.97. The Morgan fingerprint density at radius 2 is 2.00 bits per heavy atom. The Hall–Kier alpha value is -2.72. The Kier molecular flexibility index (Phi) is 4.70. The molecule has 0 saturated carbocycles. The molecule has 1 fully saturated rings. The highest BCUT2D eigenvalue weighted by atomic mass is 19.4. The third-order valence-electron chi connectivity index (χ3n) is 5.10. The van der Waals surface area contributed by atoms with Gasteiger partial charge in [-0.2, -0.15) is 18.3 Å². The van der Waals surface area contributed by atoms with Gasteiger partial charge in [-0.3, -0.25) is 5.10 Å². The number of hydrogen-bond donors (Lipinski definition) is 3. The molecule has 3 N–H and O–H groups in total. The van der Waals surface area contributed by atoms with Crippen LogP contribution in [0.15, 0.2) is 30.5 Å². The minimum atomic E-state index is -4.57. The summed E-state index contributed by atoms with van der Waals surface area (Å²) in [7, 11) is 0. The van der Waals surface area contributed by atoms with Crippen LogP contribution >= 0.6 is 0 Å². The van der Waals surface area contributed by atoms with E-state index in [0.717, 1.165) is 6.07 Å². The van der Waals surface area contributed by atoms with E-state index in [4.69, 9.17) is 0 Å². The second-order valence-corrected chi connectivity index (χ2v) is 7.64. The van der Waals surface area contributed by atoms with Crippen molar-refractivity contribution in [2.45, 2.75) is 31.7 Å². The Bertz CT molecular complexity index is 1030. The van der Waals surface area contributed by atoms with E-state index >= 15 is 0 Å². The van der Waals surface area contributed by atoms with Gasteiger partial charge in [0.1, 0.15) is 11.5 Å². The van der Waals surface area contributed by atoms with Gasteiger partial charge < -0.3 is 15.3 Å². The maximum atomic E-state index is 13.7. The molecule has 1 saturated heterocycles. The fourth-order valence-electron chi connectivity index (χ4n) is 3.51. The number of aliphatic hydroxyl groups is 1. The number of alkyl halides is 3. The van der Waals surface area contributed by atoms with Crippen LogP contribution in [0.1, 0.15) is 19.4 Å². The van der Waals surface area contributed by atoms with Crippen molar-refractivity contribution in [1.82, 2.24) is 25.5 Å². The quantitative estimate of drug-likeness (QED) is 0.620. The molecule has 4 rings (SSSR count). The van der Waals surface area contributed by atoms with Gasteiger partial charge in [0, 0.05) is 31.2 Å². The maximum absolute atomic E-state index is 13.7. The van der Waals surface area contributed by atoms with Crippen LogP contribution in [0.2, 0.25) is 0 Å². The number of nitrogens with zero attached hydrogens (tertiary/aromatic N) is 4. The number of rotatable bonds is 3. The van der Waals surface area contributed by atoms with Crippen LogP contribution in [0.25, 0.3) is 22.4 Å². The van der Waals surface area contributed by atoms with Gasteiger partial charge in [-0.15, -0.1) is 0 Å². The van der Waals surface area contributed by atoms with Crippen molar-refractivity contribution in [2.24, 2.45) is 0 Å². The van der Waals surface area contributed by atoms with Gasteiger partial charge in [0.2, 0.25) is 0 Å². The summed E-state index contributed by atoms with van der Waals surface area (Å²) in [5, 5.41) is 20.7. The predicted molar refractivity (Wildman–Crippen MR) is 102 cm³/mol. The zero-order chi connectivity index (χ0) is 20.8. The number of H-pyrrole nitrogens is 1. The Morgan fingerprint density at radius 3 is 2.72 bits per heavy atom. The Balaban J connectivity index is 1.80. The van der Waals surface area contributed by atoms with E-state index < -0.39 is 17.3 Å². The molecule has 7 nitrogen and oxygen atoms in total. The predicted octanol–water partition coefficient (Wildman–Crippen LogP) is 2.59. The minimum absolute atomic E-state index is 0.177. The molecule has 0 spiro atoms. The second-order valence-electron chi connectivity index (χ2n) is 7.64. The summed E-state index contributed by atoms with van der Waals surface area (Å²) in [6.45, 7) is 4.97. The number of hydrogen-bond acceptors (Lipinski definition) is 6. The summed E-state index contributed by atoms with van der Waals surface area (Å²) in [5.41, 5.74) is -1.53. The first kappa shape index (κ1) is 19.6. The summed E-state index contributed by atoms with van der Waals surface area (Å²) in [6.07, 6.45) is -3.04. The molecule has 1 unspecified atom stereocenters. The highest BCUT2D eigenvalue weighted by Gasteiger charge is 2.37. The summed E-state index contributed by atoms with van der Waals surface area (Å²) >= 11 is 0. The summed E-state index contributed by atoms with van der Waals surface area (Å²) < 4.78 is 41.1. The van der Waals surface area contributed by atoms with Crippen molar-refractivity contribution in [2.75, 3.05) is 24.5 Å². The van der Waals surface area contributed by atoms with Gasteiger partial charge in [0.15, 0.2) is 5.65 Å². The summed E-state index contributed by atoms with van der Waals surface area (Å²) in [6, 6.07) is 5.48. The third-order valence-corrected chi connectivity index (χ3v) is 5.10. The monoisotopic (exact) mass is 406 g/mol. The lowest BCUT2D eigenvalue weighted by molar-refractivity contribution is -0.137. The zero-order valence-electron chi connectivity index (χ0n) is 16.0. The van der Waals surface area contributed by atoms with Crippen LogP contribution in [0.3, 0.4) is 0 Å². The van der Waals surface area contributed by atoms with Crippen molar-refractivity contribution < 1.29 is 18.3 Å². The average molecular weight is 406 g/mol. The van der Waals surface area contributed by atoms with Crippen LogP contribution < -0.4 is 10.2 Å². The molecule has 0 bridgehead atoms. The molecule has 0 aromatic carbocycles. The van der Waals surface area contributed by atoms with Crippen LogP contribution in [-0.2, 0) is 6.18 Å². The lowest BCUT2D eigenvalue weighted by Crippen LogP contribution is -2.59. The Morgan fingerprint density at radius 1 is 1.21 bits per heavy atom. The van der Waals surface area contributed by atoms with Crippen molar-refractivity contribution in [1.29, 1.82) is 0 Å². The summed E-state index contributed by atoms with van der Waals surface area (Å²) in [4.78, 5) is 10.3. The highest BCUT2D eigenvalue weighted by Crippen LogP contribution is 2.38. The Labute approximate surface area is 165 Å². The van der Waals surface area contributed by atoms with Gasteiger partial charge in [-0.1, -0.05) is 0 Å². The fourth-order valence-corrected chi connectivity index (χ4v) is 3.51. The van der Waals surface area contributed by atoms with Gasteiger partial charge in [0.05, 0.1) is 22.9 Å². The fraction of sp³-hybridized carbons (Fsp3) is 0.421. The molecule has 4 heterocycles. The first-order valence-electron chi connectivity index (χ1n) is 9.23. The number of nitrogens with one attached hydrogen (secondary N) is 2. The van der Waals surface area contributed by atoms with Gasteiger partial charge in [-0.05, 0) is 38.1 Å². The molecular formula is C19H21F3N6O. The first-order chi connectivity index (χ1) is 13.6. The van der Waals surface area contributed by atoms with Crippen LogP contribution in [0.5, 0.6) is 0 Å². The minimum Gasteiger partial charge on any atom is -0.389 e. The van der Waals surface area contributed by atoms with E-state index in [1.54, 1.807) is 26.0 Å². The zero-order valence-corrected chi connectivity index (χ0v) is 16.0. The average Bonchev–Trinajstić information content (AvgIpc) is 3.10. The molecule has 0 aliphatic carbocycles. The van der Waals surface area contributed by atoms with E-state index in [2.05, 4.69) is 25.5 Å². The highest BCUT2D eigenvalue weighted by molar-refractivity contribution is 5.90. The molecule has 0 radical (unpaired) electrons. The standard InChI is InChI=1S/C19H21F3N6O/c1-18(2,29)13-10-28(9-8-23-13)14-6-5-12(19(20,21)22)16(25-14)15-11-4-3-7-24-17(11)27-26-15/h3-7,13,23,29H,8-10H2,1-2H3,(H,24,26,27). The largest absolute Gasteiger partial charge is 0.418 e. The second kappa shape index (κ2) is 6.96. The van der Waals surface area contributed by atoms with Crippen molar-refractivity contribution in [3.05, 3.63) is 36.0 Å². The van der Waals surface area contributed by atoms with Gasteiger partial charge in [-0.25, -0.2) is 9.97 Å². The molecule has 0 amide bonds. The topological polar surface area (TPSA) is 90.0 Å². The van der Waals surface area contributed by atoms with Crippen LogP contribution in [-0.4, -0.2) is 56.5 Å². The summed E-state index contributed by atoms with van der Waals surface area (Å²) in [5.74, 6) is 0.412. The van der Waals surface area contributed by atoms with E-state index in [1.807, 2.05) is 4.90 Å². The molecule has 3 aromatic rings. The van der Waals surface area contributed by atoms with E-state index in [-0.39, 0.29) is 17.4 Å². The number of pyridine rings is 2. The number of halogens is 3. The molecule has 154 valence electrons. The van der Waals surface area contributed by atoms with Gasteiger partial charge in [0.25, 0.3) is 0 Å². The van der Waals surface area contributed by atoms with Crippen molar-refractivity contribution in [3.63, 3.8) is 0 Å². The van der Waals surface area contributed by atoms with Crippen molar-refractivity contribution in [3.8, 4) is 11.4 Å². The SMILES string of the molecule is CC(C)(O)C1CN(c2ccc(C(F)(F)F)c(-c3[nH]nc4ncccc34)n2)CCN1. The lowest BCUT2D eigenvalue weighted by Gasteiger charge is -2.40. The smallest absolute Gasteiger partial charge is 0.389 e. The molecule has 1 aliphatic heterocycles. The van der Waals surface area contributed by atoms with E-state index in [1.165, 1.54) is 12.3 Å². The molecular weight excluding hydrogens is 385 g/mol. The maximum Gasteiger partial charge on any atom is 0.418 e. The normalized spacial score (nSPS) is 18.4. The molecule has 1 aliphatic rings. The number of piperazine rings is 1. The number of aromatic nitrogens is 4. The first-order valence-corrected chi connectivity index (χ1v) is 9.23. The van der Waals surface area contributed by atoms with Crippen molar-refractivity contribution >= 4 is 16.9 Å². The molecule has 1 atom stereocenters. The number of aromatic amines is 1. The van der Waals surface area contributed by atoms with Crippen LogP contribution in [0, 0.1) is 0 Å². The number of anilines is 1. The molecule has 10 heteroatoms. The van der Waals surface area contributed by atoms with Gasteiger partial charge >= 0.3 is 6.18 Å². The van der Waals surface area contributed by atoms with E-state index in [0.29, 0.717) is 36.5 Å². The van der Waals surface area contributed by atoms with E-state index in [9.17, 15) is 18.3 Å².